The number of nitrogens with zero attached hydrogens (tertiary/aromatic N) is 1. The second-order valence-corrected chi connectivity index (χ2v) is 4.05. The minimum atomic E-state index is -1.09. The van der Waals surface area contributed by atoms with E-state index in [1.807, 2.05) is 0 Å². The number of rotatable bonds is 4. The Morgan fingerprint density at radius 3 is 2.30 bits per heavy atom. The second kappa shape index (κ2) is 5.94. The van der Waals surface area contributed by atoms with Crippen molar-refractivity contribution in [3.05, 3.63) is 59.4 Å². The van der Waals surface area contributed by atoms with E-state index in [0.29, 0.717) is 5.69 Å². The van der Waals surface area contributed by atoms with E-state index in [1.165, 1.54) is 12.1 Å². The number of pyridine rings is 1. The molecule has 20 heavy (non-hydrogen) atoms. The van der Waals surface area contributed by atoms with Crippen molar-refractivity contribution in [3.8, 4) is 0 Å². The van der Waals surface area contributed by atoms with Gasteiger partial charge in [-0.05, 0) is 29.8 Å². The lowest BCUT2D eigenvalue weighted by Crippen LogP contribution is -2.14. The Morgan fingerprint density at radius 1 is 1.10 bits per heavy atom. The fourth-order valence-electron chi connectivity index (χ4n) is 1.54. The first-order chi connectivity index (χ1) is 9.60. The number of carbonyl (C=O) groups is 2. The maximum Gasteiger partial charge on any atom is 0.337 e. The number of benzene rings is 1. The van der Waals surface area contributed by atoms with Gasteiger partial charge in [-0.2, -0.15) is 0 Å². The SMILES string of the molecule is O=C(O)c1ccc(C(=O)Nc2ccc(CO)cc2)nc1. The van der Waals surface area contributed by atoms with Gasteiger partial charge in [0.2, 0.25) is 0 Å². The van der Waals surface area contributed by atoms with Gasteiger partial charge < -0.3 is 15.5 Å². The van der Waals surface area contributed by atoms with E-state index in [2.05, 4.69) is 10.3 Å². The summed E-state index contributed by atoms with van der Waals surface area (Å²) in [6.45, 7) is -0.0631. The van der Waals surface area contributed by atoms with E-state index in [0.717, 1.165) is 11.8 Å². The molecule has 0 saturated heterocycles. The maximum absolute atomic E-state index is 11.9. The Hall–Kier alpha value is -2.73. The van der Waals surface area contributed by atoms with Crippen LogP contribution in [-0.2, 0) is 6.61 Å². The van der Waals surface area contributed by atoms with Crippen molar-refractivity contribution in [2.75, 3.05) is 5.32 Å². The number of aromatic nitrogens is 1. The van der Waals surface area contributed by atoms with Crippen LogP contribution >= 0.6 is 0 Å². The molecular formula is C14H12N2O4. The summed E-state index contributed by atoms with van der Waals surface area (Å²) in [6.07, 6.45) is 1.13. The average molecular weight is 272 g/mol. The van der Waals surface area contributed by atoms with Gasteiger partial charge >= 0.3 is 5.97 Å². The molecule has 0 atom stereocenters. The van der Waals surface area contributed by atoms with Crippen molar-refractivity contribution in [1.29, 1.82) is 0 Å². The zero-order chi connectivity index (χ0) is 14.5. The molecule has 0 radical (unpaired) electrons. The first-order valence-corrected chi connectivity index (χ1v) is 5.80. The molecular weight excluding hydrogens is 260 g/mol. The molecule has 2 rings (SSSR count). The molecule has 102 valence electrons. The van der Waals surface area contributed by atoms with Crippen LogP contribution in [0.2, 0.25) is 0 Å². The summed E-state index contributed by atoms with van der Waals surface area (Å²) in [5.74, 6) is -1.53. The number of hydrogen-bond donors (Lipinski definition) is 3. The smallest absolute Gasteiger partial charge is 0.337 e. The van der Waals surface area contributed by atoms with Crippen LogP contribution in [0.3, 0.4) is 0 Å². The van der Waals surface area contributed by atoms with Gasteiger partial charge in [0.05, 0.1) is 12.2 Å². The Balaban J connectivity index is 2.08. The number of aliphatic hydroxyl groups excluding tert-OH is 1. The Labute approximate surface area is 114 Å². The summed E-state index contributed by atoms with van der Waals surface area (Å²) in [5, 5.41) is 20.3. The highest BCUT2D eigenvalue weighted by Gasteiger charge is 2.09. The predicted molar refractivity (Wildman–Crippen MR) is 71.5 cm³/mol. The highest BCUT2D eigenvalue weighted by atomic mass is 16.4. The summed E-state index contributed by atoms with van der Waals surface area (Å²) in [4.78, 5) is 26.3. The highest BCUT2D eigenvalue weighted by molar-refractivity contribution is 6.03. The number of nitrogens with one attached hydrogen (secondary N) is 1. The topological polar surface area (TPSA) is 99.5 Å². The van der Waals surface area contributed by atoms with Gasteiger partial charge in [0.15, 0.2) is 0 Å². The fraction of sp³-hybridized carbons (Fsp3) is 0.0714. The first-order valence-electron chi connectivity index (χ1n) is 5.80. The standard InChI is InChI=1S/C14H12N2O4/c17-8-9-1-4-11(5-2-9)16-13(18)12-6-3-10(7-15-12)14(19)20/h1-7,17H,8H2,(H,16,18)(H,19,20). The third-order valence-electron chi connectivity index (χ3n) is 2.64. The quantitative estimate of drug-likeness (QED) is 0.783. The van der Waals surface area contributed by atoms with Crippen molar-refractivity contribution < 1.29 is 19.8 Å². The van der Waals surface area contributed by atoms with Crippen LogP contribution in [0.1, 0.15) is 26.4 Å². The van der Waals surface area contributed by atoms with Crippen molar-refractivity contribution in [2.24, 2.45) is 0 Å². The van der Waals surface area contributed by atoms with Gasteiger partial charge in [0, 0.05) is 11.9 Å². The Bertz CT molecular complexity index is 621. The molecule has 1 amide bonds. The third-order valence-corrected chi connectivity index (χ3v) is 2.64. The number of carboxylic acids is 1. The highest BCUT2D eigenvalue weighted by Crippen LogP contribution is 2.11. The zero-order valence-corrected chi connectivity index (χ0v) is 10.4. The molecule has 2 aromatic rings. The fourth-order valence-corrected chi connectivity index (χ4v) is 1.54. The lowest BCUT2D eigenvalue weighted by molar-refractivity contribution is 0.0696. The third kappa shape index (κ3) is 3.18. The lowest BCUT2D eigenvalue weighted by atomic mass is 10.2. The van der Waals surface area contributed by atoms with Gasteiger partial charge in [0.25, 0.3) is 5.91 Å². The van der Waals surface area contributed by atoms with E-state index in [4.69, 9.17) is 10.2 Å². The van der Waals surface area contributed by atoms with Crippen LogP contribution in [0.25, 0.3) is 0 Å². The molecule has 0 bridgehead atoms. The Kier molecular flexibility index (Phi) is 4.07. The molecule has 6 nitrogen and oxygen atoms in total. The van der Waals surface area contributed by atoms with Crippen LogP contribution in [0.4, 0.5) is 5.69 Å². The van der Waals surface area contributed by atoms with Gasteiger partial charge in [0.1, 0.15) is 5.69 Å². The van der Waals surface area contributed by atoms with Crippen molar-refractivity contribution in [1.82, 2.24) is 4.98 Å². The van der Waals surface area contributed by atoms with Crippen LogP contribution in [0, 0.1) is 0 Å². The molecule has 1 aromatic carbocycles. The van der Waals surface area contributed by atoms with Gasteiger partial charge in [-0.3, -0.25) is 9.78 Å². The van der Waals surface area contributed by atoms with E-state index in [-0.39, 0.29) is 17.9 Å². The normalized spacial score (nSPS) is 10.1. The lowest BCUT2D eigenvalue weighted by Gasteiger charge is -2.05. The number of anilines is 1. The summed E-state index contributed by atoms with van der Waals surface area (Å²) in [5.41, 5.74) is 1.46. The maximum atomic E-state index is 11.9. The van der Waals surface area contributed by atoms with Crippen molar-refractivity contribution in [2.45, 2.75) is 6.61 Å². The molecule has 0 unspecified atom stereocenters. The monoisotopic (exact) mass is 272 g/mol. The van der Waals surface area contributed by atoms with Gasteiger partial charge in [-0.25, -0.2) is 4.79 Å². The summed E-state index contributed by atoms with van der Waals surface area (Å²) in [7, 11) is 0. The van der Waals surface area contributed by atoms with E-state index in [9.17, 15) is 9.59 Å². The van der Waals surface area contributed by atoms with Crippen LogP contribution in [0.5, 0.6) is 0 Å². The summed E-state index contributed by atoms with van der Waals surface area (Å²) >= 11 is 0. The molecule has 6 heteroatoms. The molecule has 0 aliphatic heterocycles. The van der Waals surface area contributed by atoms with Crippen LogP contribution < -0.4 is 5.32 Å². The largest absolute Gasteiger partial charge is 0.478 e. The summed E-state index contributed by atoms with van der Waals surface area (Å²) < 4.78 is 0. The minimum absolute atomic E-state index is 0.0221. The van der Waals surface area contributed by atoms with Crippen molar-refractivity contribution >= 4 is 17.6 Å². The summed E-state index contributed by atoms with van der Waals surface area (Å²) in [6, 6.07) is 9.37. The zero-order valence-electron chi connectivity index (χ0n) is 10.4. The molecule has 0 fully saturated rings. The van der Waals surface area contributed by atoms with E-state index in [1.54, 1.807) is 24.3 Å². The number of amides is 1. The van der Waals surface area contributed by atoms with Crippen LogP contribution in [-0.4, -0.2) is 27.1 Å². The van der Waals surface area contributed by atoms with E-state index < -0.39 is 11.9 Å². The molecule has 1 aromatic heterocycles. The second-order valence-electron chi connectivity index (χ2n) is 4.05. The van der Waals surface area contributed by atoms with E-state index >= 15 is 0 Å². The van der Waals surface area contributed by atoms with Gasteiger partial charge in [-0.15, -0.1) is 0 Å². The number of aromatic carboxylic acids is 1. The average Bonchev–Trinajstić information content (AvgIpc) is 2.48. The number of aliphatic hydroxyl groups is 1. The molecule has 1 heterocycles. The molecule has 0 spiro atoms. The predicted octanol–water partition coefficient (Wildman–Crippen LogP) is 1.52. The van der Waals surface area contributed by atoms with Crippen molar-refractivity contribution in [3.63, 3.8) is 0 Å². The number of hydrogen-bond acceptors (Lipinski definition) is 4. The minimum Gasteiger partial charge on any atom is -0.478 e. The number of carbonyl (C=O) groups excluding carboxylic acids is 1. The Morgan fingerprint density at radius 2 is 1.80 bits per heavy atom. The molecule has 3 N–H and O–H groups in total. The van der Waals surface area contributed by atoms with Crippen LogP contribution in [0.15, 0.2) is 42.6 Å². The molecule has 0 aliphatic rings. The number of carboxylic acid groups (broad SMARTS) is 1. The molecule has 0 saturated carbocycles. The first kappa shape index (κ1) is 13.7. The molecule has 0 aliphatic carbocycles. The van der Waals surface area contributed by atoms with Gasteiger partial charge in [-0.1, -0.05) is 12.1 Å².